The fraction of sp³-hybridized carbons (Fsp3) is 0.667. The van der Waals surface area contributed by atoms with E-state index in [1.807, 2.05) is 0 Å². The lowest BCUT2D eigenvalue weighted by Gasteiger charge is -2.16. The molecule has 3 N–H and O–H groups in total. The number of nitrogens with two attached hydrogens (primary N) is 1. The van der Waals surface area contributed by atoms with Gasteiger partial charge in [0.15, 0.2) is 11.5 Å². The van der Waals surface area contributed by atoms with Crippen LogP contribution in [0.15, 0.2) is 0 Å². The third-order valence-electron chi connectivity index (χ3n) is 0.951. The Labute approximate surface area is 54.9 Å². The van der Waals surface area contributed by atoms with Crippen LogP contribution in [0.2, 0.25) is 0 Å². The minimum absolute atomic E-state index is 0.266. The van der Waals surface area contributed by atoms with Crippen molar-refractivity contribution in [2.24, 2.45) is 11.7 Å². The van der Waals surface area contributed by atoms with Gasteiger partial charge < -0.3 is 5.11 Å². The molecule has 0 aliphatic carbocycles. The van der Waals surface area contributed by atoms with Crippen LogP contribution in [0.3, 0.4) is 0 Å². The molecule has 3 nitrogen and oxygen atoms in total. The Bertz CT molecular complexity index is 113. The third-order valence-corrected chi connectivity index (χ3v) is 0.951. The Balaban J connectivity index is 4.06. The third kappa shape index (κ3) is 2.58. The number of rotatable bonds is 2. The van der Waals surface area contributed by atoms with E-state index in [0.29, 0.717) is 0 Å². The van der Waals surface area contributed by atoms with Crippen LogP contribution in [0, 0.1) is 12.8 Å². The van der Waals surface area contributed by atoms with Gasteiger partial charge >= 0.3 is 0 Å². The molecule has 9 heavy (non-hydrogen) atoms. The molecular formula is C6H12NO2. The monoisotopic (exact) mass is 130 g/mol. The van der Waals surface area contributed by atoms with E-state index in [0.717, 1.165) is 0 Å². The predicted molar refractivity (Wildman–Crippen MR) is 34.3 cm³/mol. The number of carbonyl (C=O) groups excluding carboxylic acids is 1. The molecule has 0 aromatic heterocycles. The summed E-state index contributed by atoms with van der Waals surface area (Å²) in [6.45, 7) is 6.39. The first kappa shape index (κ1) is 8.59. The molecule has 1 unspecified atom stereocenters. The van der Waals surface area contributed by atoms with E-state index in [1.165, 1.54) is 0 Å². The van der Waals surface area contributed by atoms with Gasteiger partial charge in [0.2, 0.25) is 0 Å². The highest BCUT2D eigenvalue weighted by Gasteiger charge is 2.26. The minimum Gasteiger partial charge on any atom is -0.369 e. The van der Waals surface area contributed by atoms with E-state index in [4.69, 9.17) is 10.8 Å². The lowest BCUT2D eigenvalue weighted by Crippen LogP contribution is -2.47. The van der Waals surface area contributed by atoms with Crippen molar-refractivity contribution >= 4 is 5.78 Å². The maximum absolute atomic E-state index is 10.7. The summed E-state index contributed by atoms with van der Waals surface area (Å²) in [4.78, 5) is 10.7. The summed E-state index contributed by atoms with van der Waals surface area (Å²) < 4.78 is 0. The average Bonchev–Trinajstić information content (AvgIpc) is 1.62. The zero-order valence-corrected chi connectivity index (χ0v) is 5.72. The molecule has 1 atom stereocenters. The predicted octanol–water partition coefficient (Wildman–Crippen LogP) is -0.307. The van der Waals surface area contributed by atoms with Crippen LogP contribution in [-0.2, 0) is 4.79 Å². The second-order valence-corrected chi connectivity index (χ2v) is 2.44. The van der Waals surface area contributed by atoms with E-state index in [-0.39, 0.29) is 5.92 Å². The summed E-state index contributed by atoms with van der Waals surface area (Å²) in [5.41, 5.74) is 3.07. The first-order chi connectivity index (χ1) is 3.85. The maximum atomic E-state index is 10.7. The largest absolute Gasteiger partial charge is 0.369 e. The normalized spacial score (nSPS) is 17.6. The second-order valence-electron chi connectivity index (χ2n) is 2.44. The number of Topliss-reactive ketones (excluding diaryl/α,β-unsaturated/α-hetero) is 1. The van der Waals surface area contributed by atoms with Gasteiger partial charge in [0.05, 0.1) is 0 Å². The van der Waals surface area contributed by atoms with Crippen LogP contribution >= 0.6 is 0 Å². The van der Waals surface area contributed by atoms with Gasteiger partial charge in [-0.15, -0.1) is 0 Å². The van der Waals surface area contributed by atoms with Crippen LogP contribution in [0.1, 0.15) is 13.8 Å². The zero-order chi connectivity index (χ0) is 7.65. The molecular weight excluding hydrogens is 118 g/mol. The molecule has 0 bridgehead atoms. The molecule has 0 aliphatic rings. The molecule has 1 radical (unpaired) electrons. The van der Waals surface area contributed by atoms with Crippen molar-refractivity contribution in [3.63, 3.8) is 0 Å². The number of aliphatic hydroxyl groups is 1. The Hall–Kier alpha value is -0.410. The molecule has 3 heteroatoms. The van der Waals surface area contributed by atoms with Crippen molar-refractivity contribution in [1.82, 2.24) is 0 Å². The quantitative estimate of drug-likeness (QED) is 0.504. The highest BCUT2D eigenvalue weighted by Crippen LogP contribution is 2.03. The van der Waals surface area contributed by atoms with E-state index in [2.05, 4.69) is 6.92 Å². The lowest BCUT2D eigenvalue weighted by molar-refractivity contribution is -0.136. The van der Waals surface area contributed by atoms with Gasteiger partial charge in [-0.2, -0.15) is 0 Å². The Kier molecular flexibility index (Phi) is 2.34. The molecule has 0 spiro atoms. The maximum Gasteiger partial charge on any atom is 0.181 e. The zero-order valence-electron chi connectivity index (χ0n) is 5.72. The van der Waals surface area contributed by atoms with Crippen LogP contribution in [0.25, 0.3) is 0 Å². The Morgan fingerprint density at radius 1 is 1.78 bits per heavy atom. The molecule has 0 rings (SSSR count). The van der Waals surface area contributed by atoms with Gasteiger partial charge in [-0.05, 0) is 0 Å². The summed E-state index contributed by atoms with van der Waals surface area (Å²) in [5, 5.41) is 8.77. The lowest BCUT2D eigenvalue weighted by atomic mass is 10.0. The van der Waals surface area contributed by atoms with Crippen molar-refractivity contribution < 1.29 is 9.90 Å². The summed E-state index contributed by atoms with van der Waals surface area (Å²) in [6.07, 6.45) is 0. The highest BCUT2D eigenvalue weighted by atomic mass is 16.3. The molecule has 0 aromatic rings. The number of carbonyl (C=O) groups is 1. The fourth-order valence-electron chi connectivity index (χ4n) is 0.500. The molecule has 0 fully saturated rings. The number of hydrogen-bond acceptors (Lipinski definition) is 3. The van der Waals surface area contributed by atoms with Crippen molar-refractivity contribution in [3.8, 4) is 0 Å². The van der Waals surface area contributed by atoms with E-state index in [9.17, 15) is 4.79 Å². The fourth-order valence-corrected chi connectivity index (χ4v) is 0.500. The van der Waals surface area contributed by atoms with Crippen molar-refractivity contribution in [2.75, 3.05) is 0 Å². The topological polar surface area (TPSA) is 63.3 Å². The summed E-state index contributed by atoms with van der Waals surface area (Å²) in [6, 6.07) is 0. The van der Waals surface area contributed by atoms with Gasteiger partial charge in [-0.3, -0.25) is 10.5 Å². The van der Waals surface area contributed by atoms with Crippen LogP contribution < -0.4 is 5.73 Å². The summed E-state index contributed by atoms with van der Waals surface area (Å²) in [7, 11) is 0. The van der Waals surface area contributed by atoms with Crippen LogP contribution in [-0.4, -0.2) is 16.6 Å². The van der Waals surface area contributed by atoms with E-state index < -0.39 is 11.5 Å². The van der Waals surface area contributed by atoms with Gasteiger partial charge in [0, 0.05) is 12.8 Å². The van der Waals surface area contributed by atoms with Gasteiger partial charge in [0.25, 0.3) is 0 Å². The van der Waals surface area contributed by atoms with Crippen LogP contribution in [0.5, 0.6) is 0 Å². The Morgan fingerprint density at radius 3 is 2.11 bits per heavy atom. The van der Waals surface area contributed by atoms with Gasteiger partial charge in [0.1, 0.15) is 0 Å². The number of hydrogen-bond donors (Lipinski definition) is 2. The average molecular weight is 130 g/mol. The smallest absolute Gasteiger partial charge is 0.181 e. The van der Waals surface area contributed by atoms with Crippen molar-refractivity contribution in [1.29, 1.82) is 0 Å². The molecule has 0 amide bonds. The Morgan fingerprint density at radius 2 is 2.11 bits per heavy atom. The van der Waals surface area contributed by atoms with Gasteiger partial charge in [-0.25, -0.2) is 0 Å². The van der Waals surface area contributed by atoms with Gasteiger partial charge in [-0.1, -0.05) is 13.8 Å². The highest BCUT2D eigenvalue weighted by molar-refractivity contribution is 5.88. The molecule has 0 aromatic carbocycles. The summed E-state index contributed by atoms with van der Waals surface area (Å²) >= 11 is 0. The molecule has 0 saturated carbocycles. The molecule has 0 aliphatic heterocycles. The minimum atomic E-state index is -1.91. The van der Waals surface area contributed by atoms with E-state index >= 15 is 0 Å². The van der Waals surface area contributed by atoms with Crippen molar-refractivity contribution in [2.45, 2.75) is 19.6 Å². The first-order valence-corrected chi connectivity index (χ1v) is 2.76. The molecule has 53 valence electrons. The van der Waals surface area contributed by atoms with Crippen LogP contribution in [0.4, 0.5) is 0 Å². The SMILES string of the molecule is [CH2]C(N)(O)C(=O)C(C)C. The second kappa shape index (κ2) is 2.45. The molecule has 0 heterocycles. The molecule has 0 saturated heterocycles. The number of ketones is 1. The van der Waals surface area contributed by atoms with E-state index in [1.54, 1.807) is 13.8 Å². The standard InChI is InChI=1S/C6H12NO2/c1-4(2)5(8)6(3,7)9/h4,9H,3,7H2,1-2H3. The van der Waals surface area contributed by atoms with Crippen molar-refractivity contribution in [3.05, 3.63) is 6.92 Å². The summed E-state index contributed by atoms with van der Waals surface area (Å²) in [5.74, 6) is -0.708. The first-order valence-electron chi connectivity index (χ1n) is 2.76.